The molecule has 0 bridgehead atoms. The number of rotatable bonds is 4. The summed E-state index contributed by atoms with van der Waals surface area (Å²) in [6, 6.07) is 5.73. The molecule has 5 heteroatoms. The highest BCUT2D eigenvalue weighted by atomic mass is 16.5. The molecule has 1 spiro atoms. The molecule has 1 aromatic rings. The van der Waals surface area contributed by atoms with Gasteiger partial charge >= 0.3 is 0 Å². The zero-order chi connectivity index (χ0) is 17.8. The fourth-order valence-electron chi connectivity index (χ4n) is 4.61. The van der Waals surface area contributed by atoms with E-state index in [0.29, 0.717) is 18.4 Å². The number of amides is 1. The Balaban J connectivity index is 1.37. The van der Waals surface area contributed by atoms with Crippen LogP contribution in [-0.4, -0.2) is 48.7 Å². The zero-order valence-corrected chi connectivity index (χ0v) is 15.4. The minimum Gasteiger partial charge on any atom is -0.477 e. The smallest absolute Gasteiger partial charge is 0.249 e. The van der Waals surface area contributed by atoms with Gasteiger partial charge in [-0.15, -0.1) is 0 Å². The first-order valence-corrected chi connectivity index (χ1v) is 9.87. The van der Waals surface area contributed by atoms with Gasteiger partial charge in [0.2, 0.25) is 11.8 Å². The standard InChI is InChI=1S/C21H28N2O3/c24-20(17-5-1-2-6-17)23-12-8-21(9-13-23)10-14-25-15-18(21)16-26-19-7-3-4-11-22-19/h3-5,7,11,18H,1-2,6,8-10,12-16H2. The molecule has 4 rings (SSSR count). The van der Waals surface area contributed by atoms with Crippen LogP contribution in [0.2, 0.25) is 0 Å². The Morgan fingerprint density at radius 2 is 2.19 bits per heavy atom. The Morgan fingerprint density at radius 1 is 1.31 bits per heavy atom. The summed E-state index contributed by atoms with van der Waals surface area (Å²) in [4.78, 5) is 19.0. The van der Waals surface area contributed by atoms with Crippen LogP contribution in [-0.2, 0) is 9.53 Å². The van der Waals surface area contributed by atoms with E-state index in [4.69, 9.17) is 9.47 Å². The molecule has 2 aliphatic heterocycles. The summed E-state index contributed by atoms with van der Waals surface area (Å²) in [6.45, 7) is 3.91. The average Bonchev–Trinajstić information content (AvgIpc) is 3.23. The molecular formula is C21H28N2O3. The number of ether oxygens (including phenoxy) is 2. The Kier molecular flexibility index (Phi) is 5.25. The molecule has 1 aromatic heterocycles. The monoisotopic (exact) mass is 356 g/mol. The van der Waals surface area contributed by atoms with Gasteiger partial charge in [0.15, 0.2) is 0 Å². The van der Waals surface area contributed by atoms with Crippen molar-refractivity contribution in [1.29, 1.82) is 0 Å². The van der Waals surface area contributed by atoms with E-state index in [-0.39, 0.29) is 11.3 Å². The summed E-state index contributed by atoms with van der Waals surface area (Å²) in [5.74, 6) is 1.31. The third kappa shape index (κ3) is 3.63. The first-order valence-electron chi connectivity index (χ1n) is 9.87. The highest BCUT2D eigenvalue weighted by molar-refractivity contribution is 5.93. The molecule has 1 unspecified atom stereocenters. The topological polar surface area (TPSA) is 51.7 Å². The van der Waals surface area contributed by atoms with Crippen LogP contribution < -0.4 is 4.74 Å². The predicted molar refractivity (Wildman–Crippen MR) is 98.8 cm³/mol. The van der Waals surface area contributed by atoms with E-state index >= 15 is 0 Å². The maximum Gasteiger partial charge on any atom is 0.249 e. The lowest BCUT2D eigenvalue weighted by molar-refractivity contribution is -0.134. The molecule has 3 heterocycles. The largest absolute Gasteiger partial charge is 0.477 e. The van der Waals surface area contributed by atoms with Gasteiger partial charge in [-0.3, -0.25) is 4.79 Å². The van der Waals surface area contributed by atoms with Gasteiger partial charge in [0.25, 0.3) is 0 Å². The van der Waals surface area contributed by atoms with Crippen molar-refractivity contribution in [2.24, 2.45) is 11.3 Å². The quantitative estimate of drug-likeness (QED) is 0.831. The van der Waals surface area contributed by atoms with E-state index in [1.54, 1.807) is 6.20 Å². The van der Waals surface area contributed by atoms with Crippen molar-refractivity contribution in [2.75, 3.05) is 32.9 Å². The second kappa shape index (κ2) is 7.78. The van der Waals surface area contributed by atoms with Crippen molar-refractivity contribution >= 4 is 5.91 Å². The number of carbonyl (C=O) groups excluding carboxylic acids is 1. The zero-order valence-electron chi connectivity index (χ0n) is 15.4. The van der Waals surface area contributed by atoms with Crippen LogP contribution in [0.1, 0.15) is 38.5 Å². The highest BCUT2D eigenvalue weighted by Gasteiger charge is 2.44. The molecule has 1 amide bonds. The molecule has 0 aromatic carbocycles. The van der Waals surface area contributed by atoms with E-state index in [9.17, 15) is 4.79 Å². The molecule has 26 heavy (non-hydrogen) atoms. The number of allylic oxidation sites excluding steroid dienone is 1. The number of nitrogens with zero attached hydrogens (tertiary/aromatic N) is 2. The van der Waals surface area contributed by atoms with Crippen molar-refractivity contribution in [3.05, 3.63) is 36.0 Å². The normalized spacial score (nSPS) is 25.2. The van der Waals surface area contributed by atoms with Crippen LogP contribution in [0, 0.1) is 11.3 Å². The van der Waals surface area contributed by atoms with Crippen LogP contribution in [0.4, 0.5) is 0 Å². The van der Waals surface area contributed by atoms with E-state index in [0.717, 1.165) is 70.4 Å². The van der Waals surface area contributed by atoms with Gasteiger partial charge in [-0.25, -0.2) is 4.98 Å². The van der Waals surface area contributed by atoms with Gasteiger partial charge in [0.05, 0.1) is 13.2 Å². The van der Waals surface area contributed by atoms with E-state index < -0.39 is 0 Å². The van der Waals surface area contributed by atoms with Gasteiger partial charge in [-0.2, -0.15) is 0 Å². The van der Waals surface area contributed by atoms with Crippen molar-refractivity contribution in [3.8, 4) is 5.88 Å². The summed E-state index contributed by atoms with van der Waals surface area (Å²) in [6.07, 6.45) is 10.2. The predicted octanol–water partition coefficient (Wildman–Crippen LogP) is 3.22. The summed E-state index contributed by atoms with van der Waals surface area (Å²) in [7, 11) is 0. The molecule has 1 atom stereocenters. The van der Waals surface area contributed by atoms with E-state index in [2.05, 4.69) is 16.0 Å². The Bertz CT molecular complexity index is 650. The number of pyridine rings is 1. The summed E-state index contributed by atoms with van der Waals surface area (Å²) < 4.78 is 11.7. The Morgan fingerprint density at radius 3 is 2.92 bits per heavy atom. The number of piperidine rings is 1. The lowest BCUT2D eigenvalue weighted by Gasteiger charge is -2.48. The lowest BCUT2D eigenvalue weighted by Crippen LogP contribution is -2.51. The van der Waals surface area contributed by atoms with E-state index in [1.165, 1.54) is 0 Å². The molecule has 0 N–H and O–H groups in total. The number of hydrogen-bond donors (Lipinski definition) is 0. The summed E-state index contributed by atoms with van der Waals surface area (Å²) in [5, 5.41) is 0. The number of hydrogen-bond acceptors (Lipinski definition) is 4. The van der Waals surface area contributed by atoms with Gasteiger partial charge < -0.3 is 14.4 Å². The van der Waals surface area contributed by atoms with Gasteiger partial charge in [0, 0.05) is 43.5 Å². The van der Waals surface area contributed by atoms with Crippen LogP contribution in [0.3, 0.4) is 0 Å². The minimum absolute atomic E-state index is 0.230. The summed E-state index contributed by atoms with van der Waals surface area (Å²) in [5.41, 5.74) is 1.26. The average molecular weight is 356 g/mol. The molecule has 0 saturated carbocycles. The third-order valence-electron chi connectivity index (χ3n) is 6.36. The molecule has 1 aliphatic carbocycles. The second-order valence-electron chi connectivity index (χ2n) is 7.78. The van der Waals surface area contributed by atoms with Crippen molar-refractivity contribution in [3.63, 3.8) is 0 Å². The second-order valence-corrected chi connectivity index (χ2v) is 7.78. The summed E-state index contributed by atoms with van der Waals surface area (Å²) >= 11 is 0. The maximum absolute atomic E-state index is 12.7. The SMILES string of the molecule is O=C(C1=CCCC1)N1CCC2(CCOCC2COc2ccccn2)CC1. The first-order chi connectivity index (χ1) is 12.8. The van der Waals surface area contributed by atoms with Gasteiger partial charge in [-0.1, -0.05) is 12.1 Å². The highest BCUT2D eigenvalue weighted by Crippen LogP contribution is 2.45. The Hall–Kier alpha value is -1.88. The fraction of sp³-hybridized carbons (Fsp3) is 0.619. The molecule has 140 valence electrons. The van der Waals surface area contributed by atoms with Crippen LogP contribution in [0.25, 0.3) is 0 Å². The van der Waals surface area contributed by atoms with Crippen LogP contribution >= 0.6 is 0 Å². The molecular weight excluding hydrogens is 328 g/mol. The van der Waals surface area contributed by atoms with Crippen molar-refractivity contribution in [1.82, 2.24) is 9.88 Å². The molecule has 0 radical (unpaired) electrons. The van der Waals surface area contributed by atoms with Crippen LogP contribution in [0.15, 0.2) is 36.0 Å². The number of carbonyl (C=O) groups is 1. The minimum atomic E-state index is 0.230. The molecule has 2 fully saturated rings. The van der Waals surface area contributed by atoms with Gasteiger partial charge in [-0.05, 0) is 50.0 Å². The fourth-order valence-corrected chi connectivity index (χ4v) is 4.61. The molecule has 2 saturated heterocycles. The van der Waals surface area contributed by atoms with E-state index in [1.807, 2.05) is 18.2 Å². The number of likely N-dealkylation sites (tertiary alicyclic amines) is 1. The lowest BCUT2D eigenvalue weighted by atomic mass is 9.66. The molecule has 5 nitrogen and oxygen atoms in total. The number of aromatic nitrogens is 1. The Labute approximate surface area is 155 Å². The van der Waals surface area contributed by atoms with Crippen molar-refractivity contribution in [2.45, 2.75) is 38.5 Å². The first kappa shape index (κ1) is 17.5. The van der Waals surface area contributed by atoms with Crippen LogP contribution in [0.5, 0.6) is 5.88 Å². The molecule has 3 aliphatic rings. The maximum atomic E-state index is 12.7. The van der Waals surface area contributed by atoms with Crippen molar-refractivity contribution < 1.29 is 14.3 Å². The third-order valence-corrected chi connectivity index (χ3v) is 6.36. The van der Waals surface area contributed by atoms with Gasteiger partial charge in [0.1, 0.15) is 0 Å².